The molecule has 0 atom stereocenters. The Bertz CT molecular complexity index is 1110. The fraction of sp³-hybridized carbons (Fsp3) is 0.143. The molecule has 0 amide bonds. The van der Waals surface area contributed by atoms with Crippen LogP contribution in [0.5, 0.6) is 0 Å². The molecule has 0 aliphatic heterocycles. The van der Waals surface area contributed by atoms with Crippen LogP contribution >= 0.6 is 0 Å². The van der Waals surface area contributed by atoms with Gasteiger partial charge in [0.25, 0.3) is 0 Å². The Balaban J connectivity index is 2.13. The number of aromatic carboxylic acids is 1. The van der Waals surface area contributed by atoms with Gasteiger partial charge in [0.1, 0.15) is 29.3 Å². The predicted octanol–water partition coefficient (Wildman–Crippen LogP) is 3.52. The van der Waals surface area contributed by atoms with Crippen molar-refractivity contribution < 1.29 is 18.7 Å². The third kappa shape index (κ3) is 4.19. The number of nitrogens with zero attached hydrogens (tertiary/aromatic N) is 3. The SMILES string of the molecule is CCc1ncnc(-c2cc(F)c(C(=O)O)c(F)c2)c1C#Cc1ccc(NC)nc1. The second-order valence-corrected chi connectivity index (χ2v) is 5.95. The number of carboxylic acid groups (broad SMARTS) is 1. The van der Waals surface area contributed by atoms with E-state index in [1.807, 2.05) is 6.92 Å². The second kappa shape index (κ2) is 8.44. The molecular weight excluding hydrogens is 378 g/mol. The standard InChI is InChI=1S/C21H16F2N4O2/c1-3-17-14(6-4-12-5-7-18(24-2)25-10-12)20(27-11-26-17)13-8-15(22)19(21(28)29)16(23)9-13/h5,7-11H,3H2,1-2H3,(H,24,25)(H,28,29). The van der Waals surface area contributed by atoms with Crippen LogP contribution in [0, 0.1) is 23.5 Å². The number of pyridine rings is 1. The minimum Gasteiger partial charge on any atom is -0.477 e. The lowest BCUT2D eigenvalue weighted by Gasteiger charge is -2.09. The maximum absolute atomic E-state index is 14.2. The number of hydrogen-bond donors (Lipinski definition) is 2. The summed E-state index contributed by atoms with van der Waals surface area (Å²) in [5.41, 5.74) is 0.940. The lowest BCUT2D eigenvalue weighted by atomic mass is 10.0. The highest BCUT2D eigenvalue weighted by Gasteiger charge is 2.20. The molecule has 6 nitrogen and oxygen atoms in total. The Kier molecular flexibility index (Phi) is 5.79. The maximum Gasteiger partial charge on any atom is 0.341 e. The van der Waals surface area contributed by atoms with E-state index in [0.717, 1.165) is 12.1 Å². The average molecular weight is 394 g/mol. The molecule has 3 rings (SSSR count). The third-order valence-corrected chi connectivity index (χ3v) is 4.14. The van der Waals surface area contributed by atoms with Crippen molar-refractivity contribution in [1.82, 2.24) is 15.0 Å². The molecule has 0 aliphatic rings. The van der Waals surface area contributed by atoms with E-state index in [0.29, 0.717) is 29.1 Å². The van der Waals surface area contributed by atoms with Crippen LogP contribution < -0.4 is 5.32 Å². The fourth-order valence-corrected chi connectivity index (χ4v) is 2.70. The van der Waals surface area contributed by atoms with Crippen LogP contribution in [0.15, 0.2) is 36.8 Å². The van der Waals surface area contributed by atoms with Crippen LogP contribution in [-0.2, 0) is 6.42 Å². The minimum absolute atomic E-state index is 0.0788. The summed E-state index contributed by atoms with van der Waals surface area (Å²) in [6.45, 7) is 1.87. The van der Waals surface area contributed by atoms with E-state index in [2.05, 4.69) is 32.1 Å². The summed E-state index contributed by atoms with van der Waals surface area (Å²) in [7, 11) is 1.75. The van der Waals surface area contributed by atoms with Gasteiger partial charge in [-0.1, -0.05) is 18.8 Å². The normalized spacial score (nSPS) is 10.2. The molecule has 3 aromatic rings. The summed E-state index contributed by atoms with van der Waals surface area (Å²) >= 11 is 0. The molecular formula is C21H16F2N4O2. The predicted molar refractivity (Wildman–Crippen MR) is 103 cm³/mol. The number of benzene rings is 1. The van der Waals surface area contributed by atoms with Crippen molar-refractivity contribution in [3.8, 4) is 23.1 Å². The van der Waals surface area contributed by atoms with Crippen molar-refractivity contribution in [2.24, 2.45) is 0 Å². The largest absolute Gasteiger partial charge is 0.477 e. The van der Waals surface area contributed by atoms with Crippen LogP contribution in [0.25, 0.3) is 11.3 Å². The highest BCUT2D eigenvalue weighted by atomic mass is 19.1. The molecule has 2 aromatic heterocycles. The number of hydrogen-bond acceptors (Lipinski definition) is 5. The van der Waals surface area contributed by atoms with Gasteiger partial charge in [-0.05, 0) is 30.7 Å². The number of nitrogens with one attached hydrogen (secondary N) is 1. The molecule has 0 saturated carbocycles. The Morgan fingerprint density at radius 3 is 2.41 bits per heavy atom. The van der Waals surface area contributed by atoms with Gasteiger partial charge >= 0.3 is 5.97 Å². The molecule has 0 bridgehead atoms. The van der Waals surface area contributed by atoms with Gasteiger partial charge in [-0.15, -0.1) is 0 Å². The fourth-order valence-electron chi connectivity index (χ4n) is 2.70. The Morgan fingerprint density at radius 2 is 1.86 bits per heavy atom. The minimum atomic E-state index is -1.68. The Hall–Kier alpha value is -3.86. The van der Waals surface area contributed by atoms with E-state index >= 15 is 0 Å². The van der Waals surface area contributed by atoms with Crippen molar-refractivity contribution in [3.05, 3.63) is 70.8 Å². The highest BCUT2D eigenvalue weighted by Crippen LogP contribution is 2.27. The number of anilines is 1. The summed E-state index contributed by atoms with van der Waals surface area (Å²) in [5.74, 6) is 2.56. The van der Waals surface area contributed by atoms with Gasteiger partial charge in [0.05, 0.1) is 17.0 Å². The first-order chi connectivity index (χ1) is 13.9. The zero-order valence-corrected chi connectivity index (χ0v) is 15.6. The van der Waals surface area contributed by atoms with Crippen LogP contribution in [0.2, 0.25) is 0 Å². The van der Waals surface area contributed by atoms with Gasteiger partial charge in [-0.25, -0.2) is 28.5 Å². The lowest BCUT2D eigenvalue weighted by Crippen LogP contribution is -2.06. The molecule has 146 valence electrons. The van der Waals surface area contributed by atoms with Gasteiger partial charge < -0.3 is 10.4 Å². The van der Waals surface area contributed by atoms with Crippen LogP contribution in [0.1, 0.15) is 34.1 Å². The van der Waals surface area contributed by atoms with Gasteiger partial charge in [0.2, 0.25) is 0 Å². The Morgan fingerprint density at radius 1 is 1.14 bits per heavy atom. The number of aryl methyl sites for hydroxylation is 1. The number of carbonyl (C=O) groups is 1. The molecule has 0 aliphatic carbocycles. The first-order valence-corrected chi connectivity index (χ1v) is 8.67. The van der Waals surface area contributed by atoms with Gasteiger partial charge in [0.15, 0.2) is 0 Å². The maximum atomic E-state index is 14.2. The Labute approximate surface area is 165 Å². The van der Waals surface area contributed by atoms with E-state index in [1.165, 1.54) is 6.33 Å². The summed E-state index contributed by atoms with van der Waals surface area (Å²) in [6, 6.07) is 5.41. The quantitative estimate of drug-likeness (QED) is 0.659. The molecule has 2 heterocycles. The summed E-state index contributed by atoms with van der Waals surface area (Å²) < 4.78 is 28.3. The summed E-state index contributed by atoms with van der Waals surface area (Å²) in [5, 5.41) is 11.9. The van der Waals surface area contributed by atoms with Crippen LogP contribution in [0.4, 0.5) is 14.6 Å². The molecule has 0 saturated heterocycles. The van der Waals surface area contributed by atoms with E-state index < -0.39 is 23.2 Å². The monoisotopic (exact) mass is 394 g/mol. The van der Waals surface area contributed by atoms with Crippen molar-refractivity contribution in [1.29, 1.82) is 0 Å². The molecule has 0 radical (unpaired) electrons. The molecule has 8 heteroatoms. The number of rotatable bonds is 4. The zero-order chi connectivity index (χ0) is 21.0. The van der Waals surface area contributed by atoms with Crippen molar-refractivity contribution in [2.45, 2.75) is 13.3 Å². The van der Waals surface area contributed by atoms with Gasteiger partial charge in [0, 0.05) is 24.4 Å². The van der Waals surface area contributed by atoms with Crippen molar-refractivity contribution in [2.75, 3.05) is 12.4 Å². The van der Waals surface area contributed by atoms with E-state index in [9.17, 15) is 13.6 Å². The number of carboxylic acids is 1. The average Bonchev–Trinajstić information content (AvgIpc) is 2.71. The zero-order valence-electron chi connectivity index (χ0n) is 15.6. The van der Waals surface area contributed by atoms with Crippen LogP contribution in [-0.4, -0.2) is 33.1 Å². The van der Waals surface area contributed by atoms with E-state index in [-0.39, 0.29) is 11.3 Å². The lowest BCUT2D eigenvalue weighted by molar-refractivity contribution is 0.0686. The molecule has 0 unspecified atom stereocenters. The smallest absolute Gasteiger partial charge is 0.341 e. The second-order valence-electron chi connectivity index (χ2n) is 5.95. The molecule has 0 fully saturated rings. The molecule has 1 aromatic carbocycles. The summed E-state index contributed by atoms with van der Waals surface area (Å²) in [6.07, 6.45) is 3.40. The first-order valence-electron chi connectivity index (χ1n) is 8.67. The molecule has 0 spiro atoms. The van der Waals surface area contributed by atoms with Gasteiger partial charge in [-0.2, -0.15) is 0 Å². The highest BCUT2D eigenvalue weighted by molar-refractivity contribution is 5.89. The first kappa shape index (κ1) is 19.9. The van der Waals surface area contributed by atoms with Gasteiger partial charge in [-0.3, -0.25) is 0 Å². The van der Waals surface area contributed by atoms with E-state index in [1.54, 1.807) is 25.4 Å². The van der Waals surface area contributed by atoms with Crippen LogP contribution in [0.3, 0.4) is 0 Å². The summed E-state index contributed by atoms with van der Waals surface area (Å²) in [4.78, 5) is 23.5. The number of aromatic nitrogens is 3. The molecule has 29 heavy (non-hydrogen) atoms. The topological polar surface area (TPSA) is 88.0 Å². The van der Waals surface area contributed by atoms with Crippen molar-refractivity contribution >= 4 is 11.8 Å². The third-order valence-electron chi connectivity index (χ3n) is 4.14. The molecule has 2 N–H and O–H groups in total. The number of halogens is 2. The van der Waals surface area contributed by atoms with Crippen molar-refractivity contribution in [3.63, 3.8) is 0 Å². The van der Waals surface area contributed by atoms with E-state index in [4.69, 9.17) is 5.11 Å².